The van der Waals surface area contributed by atoms with Crippen molar-refractivity contribution in [2.24, 2.45) is 0 Å². The molecule has 1 aliphatic rings. The Labute approximate surface area is 121 Å². The summed E-state index contributed by atoms with van der Waals surface area (Å²) in [6.45, 7) is -0.495. The Kier molecular flexibility index (Phi) is 4.46. The standard InChI is InChI=1S/C13H15NO6S/c15-11-3-1-2-9(6-11)13(17)20-7-12(16)14-10-4-5-21(18,19)8-10/h1-3,6,10,15H,4-5,7-8H2,(H,14,16)/t10-/m0/s1. The van der Waals surface area contributed by atoms with Gasteiger partial charge in [-0.2, -0.15) is 0 Å². The second-order valence-electron chi connectivity index (χ2n) is 4.79. The van der Waals surface area contributed by atoms with Crippen molar-refractivity contribution < 1.29 is 27.9 Å². The number of carbonyl (C=O) groups is 2. The summed E-state index contributed by atoms with van der Waals surface area (Å²) in [4.78, 5) is 23.2. The number of sulfone groups is 1. The summed E-state index contributed by atoms with van der Waals surface area (Å²) in [6, 6.07) is 5.13. The van der Waals surface area contributed by atoms with E-state index in [0.29, 0.717) is 6.42 Å². The molecule has 21 heavy (non-hydrogen) atoms. The smallest absolute Gasteiger partial charge is 0.338 e. The Bertz CT molecular complexity index is 654. The third-order valence-electron chi connectivity index (χ3n) is 3.01. The topological polar surface area (TPSA) is 110 Å². The number of amides is 1. The molecule has 2 N–H and O–H groups in total. The number of rotatable bonds is 4. The molecule has 7 nitrogen and oxygen atoms in total. The summed E-state index contributed by atoms with van der Waals surface area (Å²) >= 11 is 0. The molecule has 1 aromatic rings. The van der Waals surface area contributed by atoms with Gasteiger partial charge in [-0.1, -0.05) is 6.07 Å². The van der Waals surface area contributed by atoms with Crippen LogP contribution in [0.15, 0.2) is 24.3 Å². The van der Waals surface area contributed by atoms with Crippen LogP contribution in [0.5, 0.6) is 5.75 Å². The number of carbonyl (C=O) groups excluding carboxylic acids is 2. The maximum Gasteiger partial charge on any atom is 0.338 e. The highest BCUT2D eigenvalue weighted by molar-refractivity contribution is 7.91. The van der Waals surface area contributed by atoms with Crippen LogP contribution in [0.2, 0.25) is 0 Å². The van der Waals surface area contributed by atoms with Gasteiger partial charge in [0.15, 0.2) is 16.4 Å². The van der Waals surface area contributed by atoms with Gasteiger partial charge in [-0.15, -0.1) is 0 Å². The lowest BCUT2D eigenvalue weighted by atomic mass is 10.2. The number of esters is 1. The summed E-state index contributed by atoms with van der Waals surface area (Å²) in [5.74, 6) is -1.39. The highest BCUT2D eigenvalue weighted by Gasteiger charge is 2.29. The first kappa shape index (κ1) is 15.3. The molecule has 0 aromatic heterocycles. The van der Waals surface area contributed by atoms with Crippen LogP contribution >= 0.6 is 0 Å². The number of benzene rings is 1. The van der Waals surface area contributed by atoms with E-state index >= 15 is 0 Å². The van der Waals surface area contributed by atoms with Crippen LogP contribution in [0.1, 0.15) is 16.8 Å². The maximum absolute atomic E-state index is 11.6. The zero-order chi connectivity index (χ0) is 15.5. The minimum absolute atomic E-state index is 0.0566. The van der Waals surface area contributed by atoms with Crippen molar-refractivity contribution in [3.8, 4) is 5.75 Å². The molecule has 1 amide bonds. The van der Waals surface area contributed by atoms with Crippen LogP contribution in [0, 0.1) is 0 Å². The van der Waals surface area contributed by atoms with Crippen molar-refractivity contribution in [1.29, 1.82) is 0 Å². The molecule has 1 atom stereocenters. The van der Waals surface area contributed by atoms with Crippen molar-refractivity contribution in [2.75, 3.05) is 18.1 Å². The fraction of sp³-hybridized carbons (Fsp3) is 0.385. The van der Waals surface area contributed by atoms with Gasteiger partial charge in [0.05, 0.1) is 17.1 Å². The Morgan fingerprint density at radius 3 is 2.76 bits per heavy atom. The predicted molar refractivity (Wildman–Crippen MR) is 73.6 cm³/mol. The lowest BCUT2D eigenvalue weighted by Gasteiger charge is -2.11. The van der Waals surface area contributed by atoms with E-state index in [1.54, 1.807) is 0 Å². The summed E-state index contributed by atoms with van der Waals surface area (Å²) in [5.41, 5.74) is 0.131. The molecule has 1 heterocycles. The zero-order valence-electron chi connectivity index (χ0n) is 11.1. The van der Waals surface area contributed by atoms with Crippen molar-refractivity contribution >= 4 is 21.7 Å². The average Bonchev–Trinajstić information content (AvgIpc) is 2.75. The van der Waals surface area contributed by atoms with Crippen LogP contribution < -0.4 is 5.32 Å². The molecule has 0 saturated carbocycles. The van der Waals surface area contributed by atoms with E-state index < -0.39 is 34.4 Å². The fourth-order valence-electron chi connectivity index (χ4n) is 2.03. The van der Waals surface area contributed by atoms with E-state index in [9.17, 15) is 23.1 Å². The third-order valence-corrected chi connectivity index (χ3v) is 4.78. The van der Waals surface area contributed by atoms with Gasteiger partial charge in [0.2, 0.25) is 0 Å². The summed E-state index contributed by atoms with van der Waals surface area (Å²) in [6.07, 6.45) is 0.370. The molecule has 8 heteroatoms. The Hall–Kier alpha value is -2.09. The summed E-state index contributed by atoms with van der Waals surface area (Å²) in [5, 5.41) is 11.7. The van der Waals surface area contributed by atoms with Gasteiger partial charge in [0.25, 0.3) is 5.91 Å². The highest BCUT2D eigenvalue weighted by atomic mass is 32.2. The van der Waals surface area contributed by atoms with Crippen LogP contribution in [0.4, 0.5) is 0 Å². The van der Waals surface area contributed by atoms with Crippen LogP contribution in [0.25, 0.3) is 0 Å². The number of phenols is 1. The van der Waals surface area contributed by atoms with E-state index in [-0.39, 0.29) is 22.8 Å². The van der Waals surface area contributed by atoms with E-state index in [2.05, 4.69) is 5.32 Å². The lowest BCUT2D eigenvalue weighted by molar-refractivity contribution is -0.124. The molecule has 0 spiro atoms. The van der Waals surface area contributed by atoms with Crippen LogP contribution in [-0.2, 0) is 19.4 Å². The van der Waals surface area contributed by atoms with Crippen molar-refractivity contribution in [1.82, 2.24) is 5.32 Å². The molecule has 0 radical (unpaired) electrons. The average molecular weight is 313 g/mol. The highest BCUT2D eigenvalue weighted by Crippen LogP contribution is 2.12. The van der Waals surface area contributed by atoms with E-state index in [1.165, 1.54) is 24.3 Å². The quantitative estimate of drug-likeness (QED) is 0.748. The minimum Gasteiger partial charge on any atom is -0.508 e. The monoisotopic (exact) mass is 313 g/mol. The number of aromatic hydroxyl groups is 1. The Morgan fingerprint density at radius 1 is 1.38 bits per heavy atom. The largest absolute Gasteiger partial charge is 0.508 e. The zero-order valence-corrected chi connectivity index (χ0v) is 11.9. The number of nitrogens with one attached hydrogen (secondary N) is 1. The van der Waals surface area contributed by atoms with Gasteiger partial charge in [0, 0.05) is 6.04 Å². The molecule has 1 aliphatic heterocycles. The number of hydrogen-bond acceptors (Lipinski definition) is 6. The minimum atomic E-state index is -3.07. The third kappa shape index (κ3) is 4.45. The van der Waals surface area contributed by atoms with Gasteiger partial charge in [-0.3, -0.25) is 4.79 Å². The number of phenolic OH excluding ortho intramolecular Hbond substituents is 1. The molecule has 1 aromatic carbocycles. The first-order chi connectivity index (χ1) is 9.85. The molecule has 1 saturated heterocycles. The maximum atomic E-state index is 11.6. The van der Waals surface area contributed by atoms with Gasteiger partial charge >= 0.3 is 5.97 Å². The lowest BCUT2D eigenvalue weighted by Crippen LogP contribution is -2.38. The summed E-state index contributed by atoms with van der Waals surface area (Å²) in [7, 11) is -3.07. The van der Waals surface area contributed by atoms with Gasteiger partial charge in [0.1, 0.15) is 5.75 Å². The normalized spacial score (nSPS) is 19.9. The molecule has 114 valence electrons. The fourth-order valence-corrected chi connectivity index (χ4v) is 3.70. The van der Waals surface area contributed by atoms with E-state index in [1.807, 2.05) is 0 Å². The molecular formula is C13H15NO6S. The van der Waals surface area contributed by atoms with Crippen molar-refractivity contribution in [2.45, 2.75) is 12.5 Å². The first-order valence-electron chi connectivity index (χ1n) is 6.32. The summed E-state index contributed by atoms with van der Waals surface area (Å²) < 4.78 is 27.3. The van der Waals surface area contributed by atoms with Crippen molar-refractivity contribution in [3.63, 3.8) is 0 Å². The van der Waals surface area contributed by atoms with Crippen LogP contribution in [-0.4, -0.2) is 49.6 Å². The molecule has 2 rings (SSSR count). The van der Waals surface area contributed by atoms with Gasteiger partial charge < -0.3 is 15.2 Å². The van der Waals surface area contributed by atoms with Crippen molar-refractivity contribution in [3.05, 3.63) is 29.8 Å². The van der Waals surface area contributed by atoms with Gasteiger partial charge in [-0.25, -0.2) is 13.2 Å². The Morgan fingerprint density at radius 2 is 2.14 bits per heavy atom. The molecule has 0 bridgehead atoms. The number of hydrogen-bond donors (Lipinski definition) is 2. The predicted octanol–water partition coefficient (Wildman–Crippen LogP) is -0.148. The van der Waals surface area contributed by atoms with Gasteiger partial charge in [-0.05, 0) is 24.6 Å². The SMILES string of the molecule is O=C(COC(=O)c1cccc(O)c1)N[C@H]1CCS(=O)(=O)C1. The molecule has 0 unspecified atom stereocenters. The molecular weight excluding hydrogens is 298 g/mol. The molecule has 1 fully saturated rings. The van der Waals surface area contributed by atoms with E-state index in [4.69, 9.17) is 4.74 Å². The first-order valence-corrected chi connectivity index (χ1v) is 8.14. The molecule has 0 aliphatic carbocycles. The second-order valence-corrected chi connectivity index (χ2v) is 7.02. The van der Waals surface area contributed by atoms with E-state index in [0.717, 1.165) is 0 Å². The van der Waals surface area contributed by atoms with Crippen LogP contribution in [0.3, 0.4) is 0 Å². The second kappa shape index (κ2) is 6.13. The Balaban J connectivity index is 1.80. The number of ether oxygens (including phenoxy) is 1.